The van der Waals surface area contributed by atoms with E-state index in [1.54, 1.807) is 18.2 Å². The Balaban J connectivity index is 1.97. The van der Waals surface area contributed by atoms with E-state index < -0.39 is 10.0 Å². The molecule has 0 amide bonds. The van der Waals surface area contributed by atoms with Gasteiger partial charge in [0.05, 0.1) is 16.1 Å². The lowest BCUT2D eigenvalue weighted by Gasteiger charge is -1.98. The summed E-state index contributed by atoms with van der Waals surface area (Å²) in [6, 6.07) is 10.6. The number of primary sulfonamides is 1. The van der Waals surface area contributed by atoms with Crippen molar-refractivity contribution in [1.29, 1.82) is 0 Å². The number of aromatic hydroxyl groups is 1. The first-order valence-electron chi connectivity index (χ1n) is 6.39. The van der Waals surface area contributed by atoms with Crippen LogP contribution in [0.15, 0.2) is 57.6 Å². The summed E-state index contributed by atoms with van der Waals surface area (Å²) in [5.74, 6) is -0.132. The number of sulfonamides is 1. The van der Waals surface area contributed by atoms with Gasteiger partial charge in [-0.05, 0) is 42.5 Å². The zero-order valence-corrected chi connectivity index (χ0v) is 13.1. The molecule has 0 bridgehead atoms. The van der Waals surface area contributed by atoms with E-state index in [1.807, 2.05) is 0 Å². The topological polar surface area (TPSA) is 121 Å². The number of azo groups is 1. The largest absolute Gasteiger partial charge is 0.493 e. The van der Waals surface area contributed by atoms with Crippen molar-refractivity contribution in [3.05, 3.63) is 47.5 Å². The third-order valence-electron chi connectivity index (χ3n) is 3.14. The highest BCUT2D eigenvalue weighted by Crippen LogP contribution is 2.37. The van der Waals surface area contributed by atoms with Crippen molar-refractivity contribution in [3.8, 4) is 5.88 Å². The summed E-state index contributed by atoms with van der Waals surface area (Å²) >= 11 is 5.94. The number of H-pyrrole nitrogens is 1. The Morgan fingerprint density at radius 3 is 2.43 bits per heavy atom. The Bertz CT molecular complexity index is 1010. The summed E-state index contributed by atoms with van der Waals surface area (Å²) in [5, 5.41) is 24.0. The highest BCUT2D eigenvalue weighted by molar-refractivity contribution is 7.89. The SMILES string of the molecule is NS(=O)(=O)c1ccc(N=Nc2c(O)[nH]c3ccc(Cl)cc23)cc1. The number of rotatable bonds is 3. The van der Waals surface area contributed by atoms with Gasteiger partial charge in [0.1, 0.15) is 0 Å². The van der Waals surface area contributed by atoms with E-state index >= 15 is 0 Å². The zero-order chi connectivity index (χ0) is 16.6. The zero-order valence-electron chi connectivity index (χ0n) is 11.6. The lowest BCUT2D eigenvalue weighted by molar-refractivity contribution is 0.459. The molecule has 0 saturated heterocycles. The van der Waals surface area contributed by atoms with Gasteiger partial charge in [-0.15, -0.1) is 5.11 Å². The van der Waals surface area contributed by atoms with Gasteiger partial charge >= 0.3 is 0 Å². The highest BCUT2D eigenvalue weighted by Gasteiger charge is 2.11. The molecule has 9 heteroatoms. The van der Waals surface area contributed by atoms with Gasteiger partial charge in [0.25, 0.3) is 0 Å². The van der Waals surface area contributed by atoms with Crippen molar-refractivity contribution < 1.29 is 13.5 Å². The van der Waals surface area contributed by atoms with E-state index in [0.717, 1.165) is 0 Å². The Labute approximate surface area is 136 Å². The second-order valence-electron chi connectivity index (χ2n) is 4.75. The first-order chi connectivity index (χ1) is 10.8. The third kappa shape index (κ3) is 3.19. The number of halogens is 1. The Kier molecular flexibility index (Phi) is 3.80. The summed E-state index contributed by atoms with van der Waals surface area (Å²) in [6.07, 6.45) is 0. The van der Waals surface area contributed by atoms with Gasteiger partial charge in [-0.25, -0.2) is 13.6 Å². The minimum Gasteiger partial charge on any atom is -0.493 e. The van der Waals surface area contributed by atoms with Crippen LogP contribution in [0.25, 0.3) is 10.9 Å². The molecule has 0 fully saturated rings. The lowest BCUT2D eigenvalue weighted by Crippen LogP contribution is -2.11. The van der Waals surface area contributed by atoms with Crippen molar-refractivity contribution in [3.63, 3.8) is 0 Å². The van der Waals surface area contributed by atoms with Crippen LogP contribution in [0.5, 0.6) is 5.88 Å². The van der Waals surface area contributed by atoms with E-state index in [-0.39, 0.29) is 16.5 Å². The summed E-state index contributed by atoms with van der Waals surface area (Å²) in [4.78, 5) is 2.75. The molecule has 1 aromatic heterocycles. The minimum atomic E-state index is -3.75. The molecular formula is C14H11ClN4O3S. The van der Waals surface area contributed by atoms with Gasteiger partial charge in [-0.2, -0.15) is 5.11 Å². The smallest absolute Gasteiger partial charge is 0.238 e. The average Bonchev–Trinajstić information content (AvgIpc) is 2.79. The van der Waals surface area contributed by atoms with Gasteiger partial charge in [0, 0.05) is 10.4 Å². The molecule has 2 aromatic carbocycles. The Morgan fingerprint density at radius 2 is 1.78 bits per heavy atom. The van der Waals surface area contributed by atoms with Crippen molar-refractivity contribution in [1.82, 2.24) is 4.98 Å². The molecular weight excluding hydrogens is 340 g/mol. The van der Waals surface area contributed by atoms with E-state index in [2.05, 4.69) is 15.2 Å². The monoisotopic (exact) mass is 350 g/mol. The van der Waals surface area contributed by atoms with Crippen LogP contribution < -0.4 is 5.14 Å². The standard InChI is InChI=1S/C14H11ClN4O3S/c15-8-1-6-12-11(7-8)13(14(20)17-12)19-18-9-2-4-10(5-3-9)23(16,21)22/h1-7,17,20H,(H2,16,21,22). The van der Waals surface area contributed by atoms with E-state index in [0.29, 0.717) is 21.6 Å². The first-order valence-corrected chi connectivity index (χ1v) is 8.32. The molecule has 0 saturated carbocycles. The molecule has 0 aliphatic heterocycles. The van der Waals surface area contributed by atoms with Crippen molar-refractivity contribution in [2.24, 2.45) is 15.4 Å². The van der Waals surface area contributed by atoms with Crippen LogP contribution in [0, 0.1) is 0 Å². The predicted molar refractivity (Wildman–Crippen MR) is 87.0 cm³/mol. The molecule has 118 valence electrons. The molecule has 0 spiro atoms. The van der Waals surface area contributed by atoms with E-state index in [9.17, 15) is 13.5 Å². The van der Waals surface area contributed by atoms with E-state index in [4.69, 9.17) is 16.7 Å². The molecule has 0 atom stereocenters. The first kappa shape index (κ1) is 15.5. The lowest BCUT2D eigenvalue weighted by atomic mass is 10.2. The van der Waals surface area contributed by atoms with Crippen LogP contribution in [-0.2, 0) is 10.0 Å². The summed E-state index contributed by atoms with van der Waals surface area (Å²) in [6.45, 7) is 0. The third-order valence-corrected chi connectivity index (χ3v) is 4.31. The van der Waals surface area contributed by atoms with Crippen LogP contribution in [0.4, 0.5) is 11.4 Å². The highest BCUT2D eigenvalue weighted by atomic mass is 35.5. The average molecular weight is 351 g/mol. The van der Waals surface area contributed by atoms with Gasteiger partial charge in [-0.1, -0.05) is 11.6 Å². The summed E-state index contributed by atoms with van der Waals surface area (Å²) < 4.78 is 22.4. The number of benzene rings is 2. The Hall–Kier alpha value is -2.42. The molecule has 1 heterocycles. The van der Waals surface area contributed by atoms with Crippen LogP contribution in [-0.4, -0.2) is 18.5 Å². The normalized spacial score (nSPS) is 12.3. The number of hydrogen-bond acceptors (Lipinski definition) is 5. The Morgan fingerprint density at radius 1 is 1.09 bits per heavy atom. The van der Waals surface area contributed by atoms with Crippen molar-refractivity contribution >= 4 is 43.9 Å². The molecule has 23 heavy (non-hydrogen) atoms. The van der Waals surface area contributed by atoms with Crippen molar-refractivity contribution in [2.75, 3.05) is 0 Å². The van der Waals surface area contributed by atoms with Crippen LogP contribution in [0.3, 0.4) is 0 Å². The maximum atomic E-state index is 11.2. The summed E-state index contributed by atoms with van der Waals surface area (Å²) in [5.41, 5.74) is 1.33. The fraction of sp³-hybridized carbons (Fsp3) is 0. The number of fused-ring (bicyclic) bond motifs is 1. The quantitative estimate of drug-likeness (QED) is 0.625. The molecule has 4 N–H and O–H groups in total. The molecule has 0 aliphatic rings. The number of hydrogen-bond donors (Lipinski definition) is 3. The number of nitrogens with zero attached hydrogens (tertiary/aromatic N) is 2. The second kappa shape index (κ2) is 5.65. The van der Waals surface area contributed by atoms with Gasteiger partial charge in [0.2, 0.25) is 15.9 Å². The fourth-order valence-corrected chi connectivity index (χ4v) is 2.73. The van der Waals surface area contributed by atoms with Gasteiger partial charge in [-0.3, -0.25) is 0 Å². The number of nitrogens with two attached hydrogens (primary N) is 1. The van der Waals surface area contributed by atoms with Crippen LogP contribution >= 0.6 is 11.6 Å². The minimum absolute atomic E-state index is 0.0156. The molecule has 0 aliphatic carbocycles. The van der Waals surface area contributed by atoms with Gasteiger partial charge in [0.15, 0.2) is 5.69 Å². The molecule has 0 unspecified atom stereocenters. The van der Waals surface area contributed by atoms with Crippen molar-refractivity contribution in [2.45, 2.75) is 4.90 Å². The van der Waals surface area contributed by atoms with Crippen LogP contribution in [0.1, 0.15) is 0 Å². The van der Waals surface area contributed by atoms with E-state index in [1.165, 1.54) is 24.3 Å². The molecule has 0 radical (unpaired) electrons. The predicted octanol–water partition coefficient (Wildman–Crippen LogP) is 3.59. The number of aromatic amines is 1. The molecule has 3 aromatic rings. The van der Waals surface area contributed by atoms with Gasteiger partial charge < -0.3 is 10.1 Å². The second-order valence-corrected chi connectivity index (χ2v) is 6.75. The fourth-order valence-electron chi connectivity index (χ4n) is 2.05. The number of aromatic nitrogens is 1. The maximum Gasteiger partial charge on any atom is 0.238 e. The number of nitrogens with one attached hydrogen (secondary N) is 1. The molecule has 3 rings (SSSR count). The molecule has 7 nitrogen and oxygen atoms in total. The van der Waals surface area contributed by atoms with Crippen LogP contribution in [0.2, 0.25) is 5.02 Å². The maximum absolute atomic E-state index is 11.2. The summed E-state index contributed by atoms with van der Waals surface area (Å²) in [7, 11) is -3.75.